The third kappa shape index (κ3) is 5.98. The minimum Gasteiger partial charge on any atom is -0.502 e. The maximum Gasteiger partial charge on any atom is 0.200 e. The first-order chi connectivity index (χ1) is 12.5. The first kappa shape index (κ1) is 20.8. The van der Waals surface area contributed by atoms with Crippen LogP contribution in [-0.4, -0.2) is 46.0 Å². The minimum absolute atomic E-state index is 0.101. The highest BCUT2D eigenvalue weighted by molar-refractivity contribution is 5.78. The highest BCUT2D eigenvalue weighted by atomic mass is 16.5. The van der Waals surface area contributed by atoms with Crippen LogP contribution >= 0.6 is 0 Å². The number of benzene rings is 2. The van der Waals surface area contributed by atoms with E-state index in [9.17, 15) is 14.7 Å². The molecule has 0 aromatic heterocycles. The fourth-order valence-corrected chi connectivity index (χ4v) is 2.02. The van der Waals surface area contributed by atoms with Gasteiger partial charge in [-0.1, -0.05) is 18.2 Å². The average molecular weight is 357 g/mol. The summed E-state index contributed by atoms with van der Waals surface area (Å²) in [6.07, 6.45) is 4.71. The lowest BCUT2D eigenvalue weighted by molar-refractivity contribution is -0.104. The van der Waals surface area contributed by atoms with Gasteiger partial charge in [-0.05, 0) is 35.9 Å². The lowest BCUT2D eigenvalue weighted by atomic mass is 10.2. The van der Waals surface area contributed by atoms with Crippen LogP contribution in [0, 0.1) is 0 Å². The molecule has 1 N–H and O–H groups in total. The number of nitrogens with zero attached hydrogens (tertiary/aromatic N) is 1. The van der Waals surface area contributed by atoms with Crippen molar-refractivity contribution in [1.29, 1.82) is 0 Å². The molecule has 0 amide bonds. The van der Waals surface area contributed by atoms with Crippen molar-refractivity contribution < 1.29 is 24.2 Å². The van der Waals surface area contributed by atoms with Crippen molar-refractivity contribution >= 4 is 24.3 Å². The summed E-state index contributed by atoms with van der Waals surface area (Å²) in [5, 5.41) is 9.44. The lowest BCUT2D eigenvalue weighted by Crippen LogP contribution is -2.07. The molecule has 6 nitrogen and oxygen atoms in total. The van der Waals surface area contributed by atoms with E-state index in [0.717, 1.165) is 17.5 Å². The van der Waals surface area contributed by atoms with E-state index in [4.69, 9.17) is 9.47 Å². The Balaban J connectivity index is 0.000000260. The first-order valence-electron chi connectivity index (χ1n) is 7.76. The number of phenols is 1. The van der Waals surface area contributed by atoms with E-state index < -0.39 is 0 Å². The Morgan fingerprint density at radius 1 is 0.923 bits per heavy atom. The maximum absolute atomic E-state index is 10.5. The van der Waals surface area contributed by atoms with Gasteiger partial charge in [-0.25, -0.2) is 0 Å². The van der Waals surface area contributed by atoms with Crippen LogP contribution in [0.2, 0.25) is 0 Å². The van der Waals surface area contributed by atoms with E-state index in [1.807, 2.05) is 43.3 Å². The summed E-state index contributed by atoms with van der Waals surface area (Å²) in [6, 6.07) is 10.9. The molecular weight excluding hydrogens is 334 g/mol. The highest BCUT2D eigenvalue weighted by Gasteiger charge is 2.10. The van der Waals surface area contributed by atoms with Crippen molar-refractivity contribution in [3.05, 3.63) is 53.6 Å². The van der Waals surface area contributed by atoms with E-state index >= 15 is 0 Å². The number of aromatic hydroxyl groups is 1. The van der Waals surface area contributed by atoms with Crippen molar-refractivity contribution in [2.45, 2.75) is 0 Å². The summed E-state index contributed by atoms with van der Waals surface area (Å²) in [5.41, 5.74) is 2.59. The number of aldehydes is 2. The van der Waals surface area contributed by atoms with Crippen LogP contribution in [0.25, 0.3) is 6.08 Å². The van der Waals surface area contributed by atoms with Crippen molar-refractivity contribution in [3.63, 3.8) is 0 Å². The molecule has 2 aromatic carbocycles. The third-order valence-corrected chi connectivity index (χ3v) is 3.41. The Kier molecular flexibility index (Phi) is 8.43. The SMILES string of the molecule is CN(C)c1ccc(C=CC=O)cc1.COc1cc(C=O)cc(OC)c1O. The fraction of sp³-hybridized carbons (Fsp3) is 0.200. The Labute approximate surface area is 153 Å². The molecular formula is C20H23NO5. The summed E-state index contributed by atoms with van der Waals surface area (Å²) >= 11 is 0. The summed E-state index contributed by atoms with van der Waals surface area (Å²) in [5.74, 6) is 0.346. The molecule has 0 saturated heterocycles. The van der Waals surface area contributed by atoms with Gasteiger partial charge >= 0.3 is 0 Å². The molecule has 0 unspecified atom stereocenters. The summed E-state index contributed by atoms with van der Waals surface area (Å²) < 4.78 is 9.68. The van der Waals surface area contributed by atoms with E-state index in [0.29, 0.717) is 11.8 Å². The van der Waals surface area contributed by atoms with Crippen molar-refractivity contribution in [3.8, 4) is 17.2 Å². The molecule has 0 aliphatic rings. The molecule has 0 radical (unpaired) electrons. The molecule has 0 bridgehead atoms. The predicted octanol–water partition coefficient (Wildman–Crippen LogP) is 3.19. The van der Waals surface area contributed by atoms with E-state index in [1.54, 1.807) is 6.08 Å². The number of allylic oxidation sites excluding steroid dienone is 1. The zero-order valence-electron chi connectivity index (χ0n) is 15.3. The van der Waals surface area contributed by atoms with Gasteiger partial charge in [0.15, 0.2) is 11.5 Å². The zero-order valence-corrected chi connectivity index (χ0v) is 15.3. The Morgan fingerprint density at radius 2 is 1.46 bits per heavy atom. The van der Waals surface area contributed by atoms with Gasteiger partial charge < -0.3 is 19.5 Å². The van der Waals surface area contributed by atoms with Gasteiger partial charge in [0, 0.05) is 25.3 Å². The molecule has 0 fully saturated rings. The number of hydrogen-bond donors (Lipinski definition) is 1. The van der Waals surface area contributed by atoms with Crippen LogP contribution in [-0.2, 0) is 4.79 Å². The topological polar surface area (TPSA) is 76.1 Å². The molecule has 2 aromatic rings. The molecule has 0 atom stereocenters. The molecule has 138 valence electrons. The molecule has 0 spiro atoms. The second-order valence-corrected chi connectivity index (χ2v) is 5.37. The third-order valence-electron chi connectivity index (χ3n) is 3.41. The van der Waals surface area contributed by atoms with Gasteiger partial charge in [0.25, 0.3) is 0 Å². The predicted molar refractivity (Wildman–Crippen MR) is 102 cm³/mol. The molecule has 6 heteroatoms. The van der Waals surface area contributed by atoms with Crippen LogP contribution in [0.5, 0.6) is 17.2 Å². The van der Waals surface area contributed by atoms with E-state index in [2.05, 4.69) is 0 Å². The zero-order chi connectivity index (χ0) is 19.5. The Bertz CT molecular complexity index is 726. The standard InChI is InChI=1S/C11H13NO.C9H10O4/c1-12(2)11-7-5-10(6-8-11)4-3-9-13;1-12-7-3-6(5-10)4-8(13-2)9(7)11/h3-9H,1-2H3;3-5,11H,1-2H3. The molecule has 2 rings (SSSR count). The van der Waals surface area contributed by atoms with Gasteiger partial charge in [0.2, 0.25) is 5.75 Å². The smallest absolute Gasteiger partial charge is 0.200 e. The van der Waals surface area contributed by atoms with Crippen LogP contribution < -0.4 is 14.4 Å². The number of carbonyl (C=O) groups is 2. The van der Waals surface area contributed by atoms with Crippen molar-refractivity contribution in [2.24, 2.45) is 0 Å². The number of rotatable bonds is 6. The molecule has 0 saturated carbocycles. The normalized spacial score (nSPS) is 9.85. The van der Waals surface area contributed by atoms with E-state index in [-0.39, 0.29) is 17.2 Å². The second kappa shape index (κ2) is 10.6. The average Bonchev–Trinajstić information content (AvgIpc) is 2.67. The monoisotopic (exact) mass is 357 g/mol. The summed E-state index contributed by atoms with van der Waals surface area (Å²) in [4.78, 5) is 22.6. The Hall–Kier alpha value is -3.28. The van der Waals surface area contributed by atoms with Gasteiger partial charge in [0.1, 0.15) is 12.6 Å². The van der Waals surface area contributed by atoms with Crippen LogP contribution in [0.1, 0.15) is 15.9 Å². The lowest BCUT2D eigenvalue weighted by Gasteiger charge is -2.11. The van der Waals surface area contributed by atoms with Gasteiger partial charge in [-0.2, -0.15) is 0 Å². The summed E-state index contributed by atoms with van der Waals surface area (Å²) in [7, 11) is 6.80. The van der Waals surface area contributed by atoms with Crippen LogP contribution in [0.4, 0.5) is 5.69 Å². The largest absolute Gasteiger partial charge is 0.502 e. The number of anilines is 1. The molecule has 0 aliphatic heterocycles. The van der Waals surface area contributed by atoms with Crippen LogP contribution in [0.15, 0.2) is 42.5 Å². The number of carbonyl (C=O) groups excluding carboxylic acids is 2. The second-order valence-electron chi connectivity index (χ2n) is 5.37. The van der Waals surface area contributed by atoms with Crippen LogP contribution in [0.3, 0.4) is 0 Å². The van der Waals surface area contributed by atoms with Crippen molar-refractivity contribution in [2.75, 3.05) is 33.2 Å². The van der Waals surface area contributed by atoms with E-state index in [1.165, 1.54) is 32.4 Å². The first-order valence-corrected chi connectivity index (χ1v) is 7.76. The number of ether oxygens (including phenoxy) is 2. The van der Waals surface area contributed by atoms with Gasteiger partial charge in [-0.15, -0.1) is 0 Å². The quantitative estimate of drug-likeness (QED) is 0.632. The summed E-state index contributed by atoms with van der Waals surface area (Å²) in [6.45, 7) is 0. The Morgan fingerprint density at radius 3 is 1.85 bits per heavy atom. The maximum atomic E-state index is 10.5. The molecule has 0 aliphatic carbocycles. The fourth-order valence-electron chi connectivity index (χ4n) is 2.02. The minimum atomic E-state index is -0.101. The van der Waals surface area contributed by atoms with Crippen molar-refractivity contribution in [1.82, 2.24) is 0 Å². The number of hydrogen-bond acceptors (Lipinski definition) is 6. The van der Waals surface area contributed by atoms with Gasteiger partial charge in [0.05, 0.1) is 14.2 Å². The molecule has 26 heavy (non-hydrogen) atoms. The number of methoxy groups -OCH3 is 2. The number of phenolic OH excluding ortho intramolecular Hbond substituents is 1. The van der Waals surface area contributed by atoms with Gasteiger partial charge in [-0.3, -0.25) is 9.59 Å². The highest BCUT2D eigenvalue weighted by Crippen LogP contribution is 2.36. The molecule has 0 heterocycles.